The van der Waals surface area contributed by atoms with Crippen molar-refractivity contribution in [1.29, 1.82) is 0 Å². The number of hydrogen-bond donors (Lipinski definition) is 1. The third-order valence-corrected chi connectivity index (χ3v) is 4.33. The lowest BCUT2D eigenvalue weighted by Crippen LogP contribution is -2.23. The van der Waals surface area contributed by atoms with Crippen molar-refractivity contribution in [3.8, 4) is 0 Å². The fourth-order valence-electron chi connectivity index (χ4n) is 2.85. The van der Waals surface area contributed by atoms with E-state index in [1.165, 1.54) is 17.5 Å². The number of pyridine rings is 1. The molecule has 3 rings (SSSR count). The summed E-state index contributed by atoms with van der Waals surface area (Å²) in [5, 5.41) is 3.81. The summed E-state index contributed by atoms with van der Waals surface area (Å²) in [6.07, 6.45) is 2.34. The summed E-state index contributed by atoms with van der Waals surface area (Å²) < 4.78 is 0. The average molecular weight is 302 g/mol. The van der Waals surface area contributed by atoms with Crippen molar-refractivity contribution < 1.29 is 0 Å². The maximum Gasteiger partial charge on any atom is 0.126 e. The fourth-order valence-corrected chi connectivity index (χ4v) is 3.01. The molecule has 110 valence electrons. The van der Waals surface area contributed by atoms with Gasteiger partial charge in [0.2, 0.25) is 0 Å². The minimum atomic E-state index is 0.742. The SMILES string of the molecule is CNc1ccc(Cl)c(CN2CCCc3ccccc3C2)n1. The first-order valence-electron chi connectivity index (χ1n) is 7.38. The van der Waals surface area contributed by atoms with Crippen LogP contribution in [0.15, 0.2) is 36.4 Å². The summed E-state index contributed by atoms with van der Waals surface area (Å²) in [5.41, 5.74) is 3.85. The Kier molecular flexibility index (Phi) is 4.42. The second-order valence-corrected chi connectivity index (χ2v) is 5.87. The third kappa shape index (κ3) is 3.36. The highest BCUT2D eigenvalue weighted by molar-refractivity contribution is 6.31. The molecule has 0 spiro atoms. The third-order valence-electron chi connectivity index (χ3n) is 3.98. The molecule has 0 amide bonds. The molecule has 1 aliphatic heterocycles. The number of halogens is 1. The van der Waals surface area contributed by atoms with Gasteiger partial charge in [0.1, 0.15) is 5.82 Å². The molecule has 1 aromatic heterocycles. The smallest absolute Gasteiger partial charge is 0.126 e. The Bertz CT molecular complexity index is 627. The van der Waals surface area contributed by atoms with E-state index < -0.39 is 0 Å². The first-order chi connectivity index (χ1) is 10.3. The lowest BCUT2D eigenvalue weighted by Gasteiger charge is -2.21. The Morgan fingerprint density at radius 2 is 2.00 bits per heavy atom. The Balaban J connectivity index is 1.79. The van der Waals surface area contributed by atoms with Crippen LogP contribution in [0.2, 0.25) is 5.02 Å². The normalized spacial score (nSPS) is 15.3. The quantitative estimate of drug-likeness (QED) is 0.936. The van der Waals surface area contributed by atoms with Gasteiger partial charge in [-0.1, -0.05) is 35.9 Å². The summed E-state index contributed by atoms with van der Waals surface area (Å²) >= 11 is 6.30. The standard InChI is InChI=1S/C17H20ClN3/c1-19-17-9-8-15(18)16(20-17)12-21-10-4-7-13-5-2-3-6-14(13)11-21/h2-3,5-6,8-9H,4,7,10-12H2,1H3,(H,19,20). The molecule has 21 heavy (non-hydrogen) atoms. The van der Waals surface area contributed by atoms with Crippen molar-refractivity contribution in [2.24, 2.45) is 0 Å². The molecule has 1 N–H and O–H groups in total. The highest BCUT2D eigenvalue weighted by Gasteiger charge is 2.16. The van der Waals surface area contributed by atoms with Crippen LogP contribution >= 0.6 is 11.6 Å². The van der Waals surface area contributed by atoms with Gasteiger partial charge in [-0.05, 0) is 42.6 Å². The van der Waals surface area contributed by atoms with Gasteiger partial charge in [-0.3, -0.25) is 4.90 Å². The van der Waals surface area contributed by atoms with E-state index in [9.17, 15) is 0 Å². The number of nitrogens with one attached hydrogen (secondary N) is 1. The van der Waals surface area contributed by atoms with E-state index in [4.69, 9.17) is 11.6 Å². The number of aryl methyl sites for hydroxylation is 1. The van der Waals surface area contributed by atoms with Gasteiger partial charge in [-0.2, -0.15) is 0 Å². The lowest BCUT2D eigenvalue weighted by molar-refractivity contribution is 0.258. The highest BCUT2D eigenvalue weighted by atomic mass is 35.5. The topological polar surface area (TPSA) is 28.2 Å². The van der Waals surface area contributed by atoms with Crippen molar-refractivity contribution >= 4 is 17.4 Å². The number of aromatic nitrogens is 1. The molecule has 1 aromatic carbocycles. The molecule has 1 aliphatic rings. The van der Waals surface area contributed by atoms with E-state index >= 15 is 0 Å². The molecule has 0 saturated heterocycles. The summed E-state index contributed by atoms with van der Waals surface area (Å²) in [7, 11) is 1.88. The van der Waals surface area contributed by atoms with Gasteiger partial charge < -0.3 is 5.32 Å². The van der Waals surface area contributed by atoms with E-state index in [1.54, 1.807) is 0 Å². The van der Waals surface area contributed by atoms with Gasteiger partial charge in [0, 0.05) is 20.1 Å². The highest BCUT2D eigenvalue weighted by Crippen LogP contribution is 2.23. The van der Waals surface area contributed by atoms with Crippen molar-refractivity contribution in [1.82, 2.24) is 9.88 Å². The van der Waals surface area contributed by atoms with E-state index in [-0.39, 0.29) is 0 Å². The lowest BCUT2D eigenvalue weighted by atomic mass is 10.0. The maximum atomic E-state index is 6.30. The molecule has 3 nitrogen and oxygen atoms in total. The number of hydrogen-bond acceptors (Lipinski definition) is 3. The molecule has 2 aromatic rings. The number of anilines is 1. The Hall–Kier alpha value is -1.58. The van der Waals surface area contributed by atoms with Gasteiger partial charge >= 0.3 is 0 Å². The Morgan fingerprint density at radius 1 is 1.19 bits per heavy atom. The number of fused-ring (bicyclic) bond motifs is 1. The van der Waals surface area contributed by atoms with Crippen LogP contribution in [-0.4, -0.2) is 23.5 Å². The van der Waals surface area contributed by atoms with Crippen LogP contribution in [0.4, 0.5) is 5.82 Å². The first-order valence-corrected chi connectivity index (χ1v) is 7.76. The summed E-state index contributed by atoms with van der Waals surface area (Å²) in [6.45, 7) is 2.84. The largest absolute Gasteiger partial charge is 0.373 e. The minimum Gasteiger partial charge on any atom is -0.373 e. The number of rotatable bonds is 3. The molecule has 0 saturated carbocycles. The summed E-state index contributed by atoms with van der Waals surface area (Å²) in [6, 6.07) is 12.5. The van der Waals surface area contributed by atoms with Crippen molar-refractivity contribution in [2.45, 2.75) is 25.9 Å². The van der Waals surface area contributed by atoms with Crippen molar-refractivity contribution in [3.05, 3.63) is 58.2 Å². The second kappa shape index (κ2) is 6.46. The average Bonchev–Trinajstić information content (AvgIpc) is 2.71. The van der Waals surface area contributed by atoms with Crippen LogP contribution < -0.4 is 5.32 Å². The molecule has 4 heteroatoms. The number of benzene rings is 1. The van der Waals surface area contributed by atoms with Crippen LogP contribution in [0, 0.1) is 0 Å². The fraction of sp³-hybridized carbons (Fsp3) is 0.353. The second-order valence-electron chi connectivity index (χ2n) is 5.46. The zero-order chi connectivity index (χ0) is 14.7. The van der Waals surface area contributed by atoms with Gasteiger partial charge in [0.15, 0.2) is 0 Å². The van der Waals surface area contributed by atoms with Gasteiger partial charge in [-0.15, -0.1) is 0 Å². The molecule has 0 atom stereocenters. The van der Waals surface area contributed by atoms with Crippen LogP contribution in [0.5, 0.6) is 0 Å². The molecule has 0 aliphatic carbocycles. The zero-order valence-electron chi connectivity index (χ0n) is 12.3. The molecule has 0 radical (unpaired) electrons. The predicted octanol–water partition coefficient (Wildman–Crippen LogP) is 3.73. The van der Waals surface area contributed by atoms with Gasteiger partial charge in [0.25, 0.3) is 0 Å². The van der Waals surface area contributed by atoms with Crippen molar-refractivity contribution in [3.63, 3.8) is 0 Å². The minimum absolute atomic E-state index is 0.742. The van der Waals surface area contributed by atoms with E-state index in [2.05, 4.69) is 39.5 Å². The van der Waals surface area contributed by atoms with E-state index in [0.717, 1.165) is 42.6 Å². The monoisotopic (exact) mass is 301 g/mol. The van der Waals surface area contributed by atoms with Crippen LogP contribution in [0.25, 0.3) is 0 Å². The Morgan fingerprint density at radius 3 is 2.81 bits per heavy atom. The number of nitrogens with zero attached hydrogens (tertiary/aromatic N) is 2. The summed E-state index contributed by atoms with van der Waals surface area (Å²) in [4.78, 5) is 7.02. The molecule has 0 unspecified atom stereocenters. The van der Waals surface area contributed by atoms with Crippen molar-refractivity contribution in [2.75, 3.05) is 18.9 Å². The predicted molar refractivity (Wildman–Crippen MR) is 87.7 cm³/mol. The molecule has 0 bridgehead atoms. The van der Waals surface area contributed by atoms with Gasteiger partial charge in [0.05, 0.1) is 10.7 Å². The van der Waals surface area contributed by atoms with E-state index in [0.29, 0.717) is 0 Å². The molecular formula is C17H20ClN3. The maximum absolute atomic E-state index is 6.30. The molecule has 2 heterocycles. The Labute approximate surface area is 131 Å². The van der Waals surface area contributed by atoms with Gasteiger partial charge in [-0.25, -0.2) is 4.98 Å². The first kappa shape index (κ1) is 14.4. The van der Waals surface area contributed by atoms with Crippen LogP contribution in [0.3, 0.4) is 0 Å². The van der Waals surface area contributed by atoms with E-state index in [1.807, 2.05) is 19.2 Å². The zero-order valence-corrected chi connectivity index (χ0v) is 13.0. The molecule has 0 fully saturated rings. The van der Waals surface area contributed by atoms with Crippen LogP contribution in [0.1, 0.15) is 23.2 Å². The summed E-state index contributed by atoms with van der Waals surface area (Å²) in [5.74, 6) is 0.865. The van der Waals surface area contributed by atoms with Crippen LogP contribution in [-0.2, 0) is 19.5 Å². The molecular weight excluding hydrogens is 282 g/mol.